The van der Waals surface area contributed by atoms with Crippen LogP contribution in [0.2, 0.25) is 0 Å². The second-order valence-corrected chi connectivity index (χ2v) is 9.86. The fourth-order valence-electron chi connectivity index (χ4n) is 2.84. The Morgan fingerprint density at radius 2 is 2.04 bits per heavy atom. The number of carbonyl (C=O) groups is 1. The van der Waals surface area contributed by atoms with Crippen LogP contribution in [0.5, 0.6) is 5.75 Å². The van der Waals surface area contributed by atoms with Gasteiger partial charge in [-0.1, -0.05) is 13.0 Å². The summed E-state index contributed by atoms with van der Waals surface area (Å²) in [6, 6.07) is 8.86. The van der Waals surface area contributed by atoms with Crippen LogP contribution in [0, 0.1) is 5.92 Å². The van der Waals surface area contributed by atoms with Gasteiger partial charge in [-0.2, -0.15) is 0 Å². The summed E-state index contributed by atoms with van der Waals surface area (Å²) in [5, 5.41) is 0. The van der Waals surface area contributed by atoms with Crippen LogP contribution < -0.4 is 13.8 Å². The first-order chi connectivity index (χ1) is 13.2. The summed E-state index contributed by atoms with van der Waals surface area (Å²) in [7, 11) is -6.63. The fraction of sp³-hybridized carbons (Fsp3) is 0.294. The monoisotopic (exact) mass is 425 g/mol. The largest absolute Gasteiger partial charge is 0.495 e. The third kappa shape index (κ3) is 3.86. The van der Waals surface area contributed by atoms with Crippen LogP contribution in [0.3, 0.4) is 0 Å². The zero-order valence-electron chi connectivity index (χ0n) is 15.2. The summed E-state index contributed by atoms with van der Waals surface area (Å²) >= 11 is 0. The second-order valence-electron chi connectivity index (χ2n) is 6.26. The first kappa shape index (κ1) is 20.2. The summed E-state index contributed by atoms with van der Waals surface area (Å²) in [4.78, 5) is 16.1. The maximum atomic E-state index is 12.8. The average Bonchev–Trinajstić information content (AvgIpc) is 2.87. The van der Waals surface area contributed by atoms with Crippen molar-refractivity contribution in [2.24, 2.45) is 5.92 Å². The van der Waals surface area contributed by atoms with E-state index in [-0.39, 0.29) is 28.6 Å². The highest BCUT2D eigenvalue weighted by Gasteiger charge is 2.42. The van der Waals surface area contributed by atoms with Gasteiger partial charge in [-0.05, 0) is 30.3 Å². The molecule has 1 aromatic carbocycles. The average molecular weight is 425 g/mol. The fourth-order valence-corrected chi connectivity index (χ4v) is 5.84. The minimum atomic E-state index is -4.07. The van der Waals surface area contributed by atoms with Gasteiger partial charge in [-0.3, -0.25) is 9.78 Å². The van der Waals surface area contributed by atoms with Crippen LogP contribution in [0.15, 0.2) is 47.5 Å². The van der Waals surface area contributed by atoms with E-state index in [1.165, 1.54) is 32.4 Å². The van der Waals surface area contributed by atoms with Gasteiger partial charge in [0, 0.05) is 6.20 Å². The molecule has 1 aromatic heterocycles. The maximum absolute atomic E-state index is 12.8. The van der Waals surface area contributed by atoms with Gasteiger partial charge in [0.25, 0.3) is 0 Å². The van der Waals surface area contributed by atoms with Gasteiger partial charge in [-0.25, -0.2) is 25.9 Å². The molecule has 3 rings (SSSR count). The van der Waals surface area contributed by atoms with E-state index in [1.807, 2.05) is 0 Å². The normalized spacial score (nSPS) is 19.0. The molecular weight excluding hydrogens is 406 g/mol. The lowest BCUT2D eigenvalue weighted by atomic mass is 10.2. The van der Waals surface area contributed by atoms with Crippen molar-refractivity contribution in [2.75, 3.05) is 17.2 Å². The van der Waals surface area contributed by atoms with Gasteiger partial charge in [0.05, 0.1) is 36.7 Å². The van der Waals surface area contributed by atoms with E-state index in [0.717, 1.165) is 6.07 Å². The second kappa shape index (κ2) is 7.49. The van der Waals surface area contributed by atoms with Crippen molar-refractivity contribution in [3.63, 3.8) is 0 Å². The number of hydrogen-bond donors (Lipinski definition) is 1. The van der Waals surface area contributed by atoms with Gasteiger partial charge in [-0.15, -0.1) is 0 Å². The van der Waals surface area contributed by atoms with E-state index in [2.05, 4.69) is 9.71 Å². The molecule has 0 bridgehead atoms. The lowest BCUT2D eigenvalue weighted by Crippen LogP contribution is -2.31. The predicted molar refractivity (Wildman–Crippen MR) is 102 cm³/mol. The summed E-state index contributed by atoms with van der Waals surface area (Å²) in [6.07, 6.45) is 1.54. The minimum Gasteiger partial charge on any atom is -0.495 e. The zero-order valence-corrected chi connectivity index (χ0v) is 16.8. The quantitative estimate of drug-likeness (QED) is 0.729. The summed E-state index contributed by atoms with van der Waals surface area (Å²) < 4.78 is 58.4. The van der Waals surface area contributed by atoms with Crippen LogP contribution in [0.25, 0.3) is 0 Å². The topological polar surface area (TPSA) is 123 Å². The van der Waals surface area contributed by atoms with Gasteiger partial charge < -0.3 is 4.74 Å². The van der Waals surface area contributed by atoms with Crippen LogP contribution in [0.4, 0.5) is 5.69 Å². The number of ether oxygens (including phenoxy) is 1. The highest BCUT2D eigenvalue weighted by atomic mass is 32.2. The third-order valence-corrected chi connectivity index (χ3v) is 7.49. The number of benzene rings is 1. The van der Waals surface area contributed by atoms with E-state index in [0.29, 0.717) is 10.00 Å². The van der Waals surface area contributed by atoms with Crippen molar-refractivity contribution in [1.82, 2.24) is 9.71 Å². The minimum absolute atomic E-state index is 0.0226. The number of nitrogens with one attached hydrogen (secondary N) is 1. The van der Waals surface area contributed by atoms with Crippen molar-refractivity contribution < 1.29 is 26.4 Å². The molecule has 1 aliphatic rings. The molecule has 150 valence electrons. The number of carbonyl (C=O) groups excluding carboxylic acids is 1. The first-order valence-electron chi connectivity index (χ1n) is 8.30. The van der Waals surface area contributed by atoms with Gasteiger partial charge >= 0.3 is 0 Å². The highest BCUT2D eigenvalue weighted by molar-refractivity contribution is 7.94. The Kier molecular flexibility index (Phi) is 5.41. The van der Waals surface area contributed by atoms with E-state index in [4.69, 9.17) is 4.74 Å². The Hall–Kier alpha value is -2.50. The number of methoxy groups -OCH3 is 1. The van der Waals surface area contributed by atoms with Gasteiger partial charge in [0.15, 0.2) is 0 Å². The lowest BCUT2D eigenvalue weighted by Gasteiger charge is -2.18. The number of hydrogen-bond acceptors (Lipinski definition) is 7. The van der Waals surface area contributed by atoms with E-state index in [1.54, 1.807) is 18.2 Å². The zero-order chi connectivity index (χ0) is 20.5. The van der Waals surface area contributed by atoms with Crippen molar-refractivity contribution >= 4 is 31.6 Å². The number of anilines is 1. The van der Waals surface area contributed by atoms with E-state index >= 15 is 0 Å². The lowest BCUT2D eigenvalue weighted by molar-refractivity contribution is -0.119. The molecule has 0 radical (unpaired) electrons. The smallest absolute Gasteiger partial charge is 0.244 e. The molecule has 0 saturated carbocycles. The molecule has 1 fully saturated rings. The highest BCUT2D eigenvalue weighted by Crippen LogP contribution is 2.33. The Morgan fingerprint density at radius 3 is 2.61 bits per heavy atom. The number of rotatable bonds is 6. The molecule has 11 heteroatoms. The molecule has 1 aliphatic heterocycles. The van der Waals surface area contributed by atoms with Crippen molar-refractivity contribution in [3.8, 4) is 5.75 Å². The molecule has 0 unspecified atom stereocenters. The summed E-state index contributed by atoms with van der Waals surface area (Å²) in [5.41, 5.74) is 0.459. The number of amides is 1. The SMILES string of the molecule is COc1ccc(N2C(=O)[C@H](C)CS2(=O)=O)cc1S(=O)(=O)NCc1ccccn1. The van der Waals surface area contributed by atoms with Crippen molar-refractivity contribution in [1.29, 1.82) is 0 Å². The van der Waals surface area contributed by atoms with Crippen LogP contribution >= 0.6 is 0 Å². The standard InChI is InChI=1S/C17H19N3O6S2/c1-12-11-27(22,23)20(17(12)21)14-6-7-15(26-2)16(9-14)28(24,25)19-10-13-5-3-4-8-18-13/h3-9,12,19H,10-11H2,1-2H3/t12-/m1/s1. The molecule has 28 heavy (non-hydrogen) atoms. The number of sulfonamides is 2. The Labute approximate surface area is 163 Å². The van der Waals surface area contributed by atoms with Gasteiger partial charge in [0.2, 0.25) is 26.0 Å². The van der Waals surface area contributed by atoms with Gasteiger partial charge in [0.1, 0.15) is 10.6 Å². The van der Waals surface area contributed by atoms with Crippen molar-refractivity contribution in [2.45, 2.75) is 18.4 Å². The van der Waals surface area contributed by atoms with Crippen molar-refractivity contribution in [3.05, 3.63) is 48.3 Å². The Balaban J connectivity index is 1.98. The third-order valence-electron chi connectivity index (χ3n) is 4.20. The Bertz CT molecular complexity index is 1100. The maximum Gasteiger partial charge on any atom is 0.244 e. The molecule has 0 spiro atoms. The summed E-state index contributed by atoms with van der Waals surface area (Å²) in [6.45, 7) is 1.45. The first-order valence-corrected chi connectivity index (χ1v) is 11.4. The van der Waals surface area contributed by atoms with E-state index < -0.39 is 31.9 Å². The van der Waals surface area contributed by atoms with Crippen LogP contribution in [0.1, 0.15) is 12.6 Å². The molecule has 1 N–H and O–H groups in total. The van der Waals surface area contributed by atoms with Crippen LogP contribution in [-0.4, -0.2) is 40.6 Å². The van der Waals surface area contributed by atoms with Crippen LogP contribution in [-0.2, 0) is 31.4 Å². The molecule has 9 nitrogen and oxygen atoms in total. The molecule has 2 aromatic rings. The molecule has 2 heterocycles. The molecular formula is C17H19N3O6S2. The molecule has 1 saturated heterocycles. The molecule has 1 amide bonds. The number of nitrogens with zero attached hydrogens (tertiary/aromatic N) is 2. The number of pyridine rings is 1. The summed E-state index contributed by atoms with van der Waals surface area (Å²) in [5.74, 6) is -1.60. The number of aromatic nitrogens is 1. The molecule has 0 aliphatic carbocycles. The Morgan fingerprint density at radius 1 is 1.29 bits per heavy atom. The molecule has 1 atom stereocenters. The predicted octanol–water partition coefficient (Wildman–Crippen LogP) is 0.881. The van der Waals surface area contributed by atoms with E-state index in [9.17, 15) is 21.6 Å².